The van der Waals surface area contributed by atoms with E-state index in [2.05, 4.69) is 55.3 Å². The molecule has 2 rings (SSSR count). The van der Waals surface area contributed by atoms with Gasteiger partial charge in [-0.3, -0.25) is 4.79 Å². The fraction of sp³-hybridized carbons (Fsp3) is 0.650. The molecule has 3 heteroatoms. The Morgan fingerprint density at radius 1 is 1.26 bits per heavy atom. The summed E-state index contributed by atoms with van der Waals surface area (Å²) in [6.45, 7) is 9.17. The minimum atomic E-state index is 0.326. The van der Waals surface area contributed by atoms with Gasteiger partial charge < -0.3 is 10.2 Å². The van der Waals surface area contributed by atoms with E-state index in [9.17, 15) is 4.79 Å². The summed E-state index contributed by atoms with van der Waals surface area (Å²) in [5.41, 5.74) is 1.31. The molecule has 128 valence electrons. The van der Waals surface area contributed by atoms with Gasteiger partial charge >= 0.3 is 0 Å². The Balaban J connectivity index is 1.93. The first-order valence-electron chi connectivity index (χ1n) is 9.13. The average molecular weight is 316 g/mol. The number of benzene rings is 1. The number of piperidine rings is 1. The van der Waals surface area contributed by atoms with Gasteiger partial charge in [0.2, 0.25) is 5.91 Å². The first-order valence-corrected chi connectivity index (χ1v) is 9.13. The van der Waals surface area contributed by atoms with Crippen molar-refractivity contribution in [3.8, 4) is 0 Å². The molecule has 1 aliphatic heterocycles. The molecule has 1 amide bonds. The molecule has 1 aliphatic rings. The summed E-state index contributed by atoms with van der Waals surface area (Å²) in [6, 6.07) is 10.9. The molecule has 1 aromatic carbocycles. The van der Waals surface area contributed by atoms with Crippen molar-refractivity contribution in [1.82, 2.24) is 10.2 Å². The van der Waals surface area contributed by atoms with Crippen LogP contribution >= 0.6 is 0 Å². The number of hydrogen-bond donors (Lipinski definition) is 1. The standard InChI is InChI=1S/C20H32N2O/c1-4-8-18-12-19(21-13-17-9-6-5-7-10-17)15-22(14-18)20(23)11-16(2)3/h5-7,9-10,16,18-19,21H,4,8,11-15H2,1-3H3. The van der Waals surface area contributed by atoms with Crippen LogP contribution in [0.25, 0.3) is 0 Å². The summed E-state index contributed by atoms with van der Waals surface area (Å²) < 4.78 is 0. The fourth-order valence-corrected chi connectivity index (χ4v) is 3.51. The van der Waals surface area contributed by atoms with Crippen molar-refractivity contribution in [2.45, 2.75) is 59.0 Å². The van der Waals surface area contributed by atoms with Crippen LogP contribution < -0.4 is 5.32 Å². The van der Waals surface area contributed by atoms with E-state index in [4.69, 9.17) is 0 Å². The van der Waals surface area contributed by atoms with E-state index in [-0.39, 0.29) is 0 Å². The molecular formula is C20H32N2O. The quantitative estimate of drug-likeness (QED) is 0.829. The van der Waals surface area contributed by atoms with Crippen LogP contribution in [0.2, 0.25) is 0 Å². The minimum Gasteiger partial charge on any atom is -0.341 e. The van der Waals surface area contributed by atoms with Crippen LogP contribution in [0.15, 0.2) is 30.3 Å². The summed E-state index contributed by atoms with van der Waals surface area (Å²) in [5, 5.41) is 3.67. The number of amides is 1. The Labute approximate surface area is 141 Å². The number of carbonyl (C=O) groups excluding carboxylic acids is 1. The molecular weight excluding hydrogens is 284 g/mol. The summed E-state index contributed by atoms with van der Waals surface area (Å²) in [6.07, 6.45) is 4.27. The Hall–Kier alpha value is -1.35. The topological polar surface area (TPSA) is 32.3 Å². The molecule has 1 aromatic rings. The van der Waals surface area contributed by atoms with Crippen molar-refractivity contribution < 1.29 is 4.79 Å². The SMILES string of the molecule is CCCC1CC(NCc2ccccc2)CN(C(=O)CC(C)C)C1. The summed E-state index contributed by atoms with van der Waals surface area (Å²) >= 11 is 0. The third-order valence-corrected chi connectivity index (χ3v) is 4.61. The van der Waals surface area contributed by atoms with Crippen molar-refractivity contribution in [3.05, 3.63) is 35.9 Å². The number of carbonyl (C=O) groups is 1. The highest BCUT2D eigenvalue weighted by molar-refractivity contribution is 5.76. The lowest BCUT2D eigenvalue weighted by atomic mass is 9.90. The average Bonchev–Trinajstić information content (AvgIpc) is 2.53. The molecule has 0 spiro atoms. The molecule has 0 radical (unpaired) electrons. The zero-order valence-electron chi connectivity index (χ0n) is 14.9. The van der Waals surface area contributed by atoms with Crippen LogP contribution in [0.3, 0.4) is 0 Å². The van der Waals surface area contributed by atoms with Gasteiger partial charge in [-0.1, -0.05) is 57.5 Å². The van der Waals surface area contributed by atoms with E-state index in [1.165, 1.54) is 24.8 Å². The zero-order chi connectivity index (χ0) is 16.7. The van der Waals surface area contributed by atoms with Gasteiger partial charge in [-0.25, -0.2) is 0 Å². The lowest BCUT2D eigenvalue weighted by molar-refractivity contribution is -0.134. The largest absolute Gasteiger partial charge is 0.341 e. The summed E-state index contributed by atoms with van der Waals surface area (Å²) in [4.78, 5) is 14.6. The fourth-order valence-electron chi connectivity index (χ4n) is 3.51. The van der Waals surface area contributed by atoms with Crippen LogP contribution in [-0.2, 0) is 11.3 Å². The second-order valence-electron chi connectivity index (χ2n) is 7.35. The molecule has 2 atom stereocenters. The Morgan fingerprint density at radius 3 is 2.65 bits per heavy atom. The highest BCUT2D eigenvalue weighted by atomic mass is 16.2. The predicted molar refractivity (Wildman–Crippen MR) is 96.1 cm³/mol. The first kappa shape index (κ1) is 18.0. The molecule has 0 aromatic heterocycles. The van der Waals surface area contributed by atoms with Crippen molar-refractivity contribution in [1.29, 1.82) is 0 Å². The van der Waals surface area contributed by atoms with Crippen LogP contribution in [0.4, 0.5) is 0 Å². The molecule has 23 heavy (non-hydrogen) atoms. The lowest BCUT2D eigenvalue weighted by Gasteiger charge is -2.38. The maximum absolute atomic E-state index is 12.5. The van der Waals surface area contributed by atoms with E-state index in [1.54, 1.807) is 0 Å². The molecule has 1 N–H and O–H groups in total. The summed E-state index contributed by atoms with van der Waals surface area (Å²) in [5.74, 6) is 1.40. The van der Waals surface area contributed by atoms with Crippen molar-refractivity contribution >= 4 is 5.91 Å². The highest BCUT2D eigenvalue weighted by Crippen LogP contribution is 2.23. The smallest absolute Gasteiger partial charge is 0.222 e. The Bertz CT molecular complexity index is 472. The molecule has 2 unspecified atom stereocenters. The lowest BCUT2D eigenvalue weighted by Crippen LogP contribution is -2.51. The van der Waals surface area contributed by atoms with Crippen LogP contribution in [0, 0.1) is 11.8 Å². The third kappa shape index (κ3) is 5.98. The van der Waals surface area contributed by atoms with Crippen LogP contribution in [0.5, 0.6) is 0 Å². The molecule has 1 fully saturated rings. The van der Waals surface area contributed by atoms with Gasteiger partial charge in [0.15, 0.2) is 0 Å². The summed E-state index contributed by atoms with van der Waals surface area (Å²) in [7, 11) is 0. The van der Waals surface area contributed by atoms with Crippen molar-refractivity contribution in [3.63, 3.8) is 0 Å². The van der Waals surface area contributed by atoms with Crippen LogP contribution in [-0.4, -0.2) is 29.9 Å². The number of nitrogens with zero attached hydrogens (tertiary/aromatic N) is 1. The molecule has 1 saturated heterocycles. The molecule has 0 bridgehead atoms. The first-order chi connectivity index (χ1) is 11.1. The van der Waals surface area contributed by atoms with E-state index in [0.717, 1.165) is 19.6 Å². The molecule has 0 saturated carbocycles. The van der Waals surface area contributed by atoms with E-state index in [1.807, 2.05) is 6.07 Å². The highest BCUT2D eigenvalue weighted by Gasteiger charge is 2.29. The van der Waals surface area contributed by atoms with E-state index < -0.39 is 0 Å². The monoisotopic (exact) mass is 316 g/mol. The van der Waals surface area contributed by atoms with Gasteiger partial charge in [0.1, 0.15) is 0 Å². The normalized spacial score (nSPS) is 21.7. The molecule has 1 heterocycles. The second-order valence-corrected chi connectivity index (χ2v) is 7.35. The Morgan fingerprint density at radius 2 is 2.00 bits per heavy atom. The second kappa shape index (κ2) is 9.07. The minimum absolute atomic E-state index is 0.326. The Kier molecular flexibility index (Phi) is 7.10. The maximum Gasteiger partial charge on any atom is 0.222 e. The molecule has 3 nitrogen and oxygen atoms in total. The van der Waals surface area contributed by atoms with Crippen molar-refractivity contribution in [2.75, 3.05) is 13.1 Å². The van der Waals surface area contributed by atoms with E-state index >= 15 is 0 Å². The van der Waals surface area contributed by atoms with Crippen molar-refractivity contribution in [2.24, 2.45) is 11.8 Å². The number of hydrogen-bond acceptors (Lipinski definition) is 2. The zero-order valence-corrected chi connectivity index (χ0v) is 14.9. The number of rotatable bonds is 7. The van der Waals surface area contributed by atoms with Gasteiger partial charge in [-0.2, -0.15) is 0 Å². The van der Waals surface area contributed by atoms with Gasteiger partial charge in [0.25, 0.3) is 0 Å². The predicted octanol–water partition coefficient (Wildman–Crippen LogP) is 3.84. The van der Waals surface area contributed by atoms with Gasteiger partial charge in [-0.15, -0.1) is 0 Å². The molecule has 0 aliphatic carbocycles. The maximum atomic E-state index is 12.5. The third-order valence-electron chi connectivity index (χ3n) is 4.61. The number of likely N-dealkylation sites (tertiary alicyclic amines) is 1. The van der Waals surface area contributed by atoms with Gasteiger partial charge in [0.05, 0.1) is 0 Å². The van der Waals surface area contributed by atoms with Crippen LogP contribution in [0.1, 0.15) is 52.0 Å². The van der Waals surface area contributed by atoms with Gasteiger partial charge in [0, 0.05) is 32.1 Å². The number of nitrogens with one attached hydrogen (secondary N) is 1. The van der Waals surface area contributed by atoms with E-state index in [0.29, 0.717) is 30.2 Å². The van der Waals surface area contributed by atoms with Gasteiger partial charge in [-0.05, 0) is 30.2 Å².